The van der Waals surface area contributed by atoms with Gasteiger partial charge in [0.05, 0.1) is 24.1 Å². The molecule has 0 aliphatic carbocycles. The van der Waals surface area contributed by atoms with Gasteiger partial charge in [0.25, 0.3) is 0 Å². The number of hydrogen-bond donors (Lipinski definition) is 0. The summed E-state index contributed by atoms with van der Waals surface area (Å²) in [5.41, 5.74) is 1.68. The Bertz CT molecular complexity index is 1360. The number of hydrogen-bond acceptors (Lipinski definition) is 4. The minimum Gasteiger partial charge on any atom is -0.486 e. The van der Waals surface area contributed by atoms with E-state index in [9.17, 15) is 9.18 Å². The standard InChI is InChI=1S/C26H25FN2O4/c1-26(2,33-20-11-12-23-24(15-20)32-14-13-31-23)17-29-22-6-4-3-5-21(22)28(25(29)30)16-18-7-9-19(27)10-8-18/h3-12,15H,13-14,16-17H2,1-2H3. The molecule has 6 nitrogen and oxygen atoms in total. The van der Waals surface area contributed by atoms with Crippen molar-refractivity contribution in [2.45, 2.75) is 32.5 Å². The van der Waals surface area contributed by atoms with Gasteiger partial charge < -0.3 is 14.2 Å². The van der Waals surface area contributed by atoms with E-state index in [1.54, 1.807) is 21.3 Å². The Kier molecular flexibility index (Phi) is 5.32. The number of para-hydroxylation sites is 2. The highest BCUT2D eigenvalue weighted by molar-refractivity contribution is 5.76. The number of imidazole rings is 1. The molecule has 0 bridgehead atoms. The van der Waals surface area contributed by atoms with Crippen LogP contribution in [0.1, 0.15) is 19.4 Å². The van der Waals surface area contributed by atoms with Gasteiger partial charge in [-0.1, -0.05) is 24.3 Å². The molecule has 1 aromatic heterocycles. The van der Waals surface area contributed by atoms with Gasteiger partial charge in [-0.3, -0.25) is 9.13 Å². The second kappa shape index (κ2) is 8.31. The molecule has 0 saturated heterocycles. The molecule has 33 heavy (non-hydrogen) atoms. The zero-order chi connectivity index (χ0) is 23.0. The number of halogens is 1. The smallest absolute Gasteiger partial charge is 0.329 e. The van der Waals surface area contributed by atoms with Gasteiger partial charge in [-0.05, 0) is 55.8 Å². The second-order valence-corrected chi connectivity index (χ2v) is 8.74. The monoisotopic (exact) mass is 448 g/mol. The summed E-state index contributed by atoms with van der Waals surface area (Å²) in [4.78, 5) is 13.4. The zero-order valence-corrected chi connectivity index (χ0v) is 18.6. The van der Waals surface area contributed by atoms with Gasteiger partial charge in [-0.15, -0.1) is 0 Å². The molecule has 4 aromatic rings. The Morgan fingerprint density at radius 2 is 1.58 bits per heavy atom. The average Bonchev–Trinajstić information content (AvgIpc) is 3.06. The number of rotatable bonds is 6. The molecule has 0 unspecified atom stereocenters. The molecule has 2 heterocycles. The lowest BCUT2D eigenvalue weighted by atomic mass is 10.1. The maximum Gasteiger partial charge on any atom is 0.329 e. The molecule has 0 fully saturated rings. The fourth-order valence-electron chi connectivity index (χ4n) is 4.17. The van der Waals surface area contributed by atoms with Crippen molar-refractivity contribution in [1.82, 2.24) is 9.13 Å². The molecule has 5 rings (SSSR count). The predicted molar refractivity (Wildman–Crippen MR) is 124 cm³/mol. The summed E-state index contributed by atoms with van der Waals surface area (Å²) in [5, 5.41) is 0. The Morgan fingerprint density at radius 1 is 0.909 bits per heavy atom. The van der Waals surface area contributed by atoms with Crippen LogP contribution in [-0.2, 0) is 13.1 Å². The Labute approximate surface area is 190 Å². The van der Waals surface area contributed by atoms with Crippen LogP contribution in [0.25, 0.3) is 11.0 Å². The van der Waals surface area contributed by atoms with Gasteiger partial charge in [-0.2, -0.15) is 0 Å². The van der Waals surface area contributed by atoms with Crippen LogP contribution in [0, 0.1) is 5.82 Å². The molecule has 0 saturated carbocycles. The number of nitrogens with zero attached hydrogens (tertiary/aromatic N) is 2. The molecular weight excluding hydrogens is 423 g/mol. The lowest BCUT2D eigenvalue weighted by molar-refractivity contribution is 0.0880. The second-order valence-electron chi connectivity index (χ2n) is 8.74. The molecule has 170 valence electrons. The molecule has 1 aliphatic heterocycles. The van der Waals surface area contributed by atoms with Crippen molar-refractivity contribution in [3.05, 3.63) is 88.6 Å². The van der Waals surface area contributed by atoms with Crippen molar-refractivity contribution < 1.29 is 18.6 Å². The van der Waals surface area contributed by atoms with Gasteiger partial charge in [0.1, 0.15) is 30.4 Å². The molecule has 1 aliphatic rings. The topological polar surface area (TPSA) is 54.6 Å². The fraction of sp³-hybridized carbons (Fsp3) is 0.269. The van der Waals surface area contributed by atoms with Crippen molar-refractivity contribution in [3.63, 3.8) is 0 Å². The van der Waals surface area contributed by atoms with Crippen molar-refractivity contribution in [1.29, 1.82) is 0 Å². The van der Waals surface area contributed by atoms with Crippen LogP contribution in [-0.4, -0.2) is 27.9 Å². The number of aromatic nitrogens is 2. The SMILES string of the molecule is CC(C)(Cn1c(=O)n(Cc2ccc(F)cc2)c2ccccc21)Oc1ccc2c(c1)OCCO2. The summed E-state index contributed by atoms with van der Waals surface area (Å²) in [5.74, 6) is 1.70. The van der Waals surface area contributed by atoms with E-state index in [4.69, 9.17) is 14.2 Å². The van der Waals surface area contributed by atoms with E-state index in [-0.39, 0.29) is 11.5 Å². The first-order chi connectivity index (χ1) is 15.9. The van der Waals surface area contributed by atoms with E-state index >= 15 is 0 Å². The lowest BCUT2D eigenvalue weighted by Gasteiger charge is -2.28. The van der Waals surface area contributed by atoms with E-state index < -0.39 is 5.60 Å². The minimum absolute atomic E-state index is 0.139. The van der Waals surface area contributed by atoms with Crippen molar-refractivity contribution in [2.75, 3.05) is 13.2 Å². The maximum atomic E-state index is 13.4. The summed E-state index contributed by atoms with van der Waals surface area (Å²) in [6, 6.07) is 19.4. The lowest BCUT2D eigenvalue weighted by Crippen LogP contribution is -2.38. The summed E-state index contributed by atoms with van der Waals surface area (Å²) in [6.45, 7) is 5.63. The van der Waals surface area contributed by atoms with E-state index in [1.165, 1.54) is 12.1 Å². The number of benzene rings is 3. The number of ether oxygens (including phenoxy) is 3. The summed E-state index contributed by atoms with van der Waals surface area (Å²) in [6.07, 6.45) is 0. The van der Waals surface area contributed by atoms with Crippen LogP contribution in [0.15, 0.2) is 71.5 Å². The molecule has 0 spiro atoms. The van der Waals surface area contributed by atoms with Gasteiger partial charge in [0.2, 0.25) is 0 Å². The molecule has 0 radical (unpaired) electrons. The van der Waals surface area contributed by atoms with Gasteiger partial charge >= 0.3 is 5.69 Å². The highest BCUT2D eigenvalue weighted by atomic mass is 19.1. The molecule has 3 aromatic carbocycles. The largest absolute Gasteiger partial charge is 0.486 e. The normalized spacial score (nSPS) is 13.3. The molecule has 0 amide bonds. The molecule has 0 N–H and O–H groups in total. The third kappa shape index (κ3) is 4.31. The first kappa shape index (κ1) is 21.1. The van der Waals surface area contributed by atoms with Crippen LogP contribution in [0.5, 0.6) is 17.2 Å². The van der Waals surface area contributed by atoms with Crippen molar-refractivity contribution >= 4 is 11.0 Å². The first-order valence-electron chi connectivity index (χ1n) is 10.9. The quantitative estimate of drug-likeness (QED) is 0.432. The van der Waals surface area contributed by atoms with Crippen molar-refractivity contribution in [2.24, 2.45) is 0 Å². The van der Waals surface area contributed by atoms with Crippen LogP contribution in [0.3, 0.4) is 0 Å². The first-order valence-corrected chi connectivity index (χ1v) is 10.9. The predicted octanol–water partition coefficient (Wildman–Crippen LogP) is 4.62. The highest BCUT2D eigenvalue weighted by Crippen LogP contribution is 2.35. The Morgan fingerprint density at radius 3 is 2.30 bits per heavy atom. The minimum atomic E-state index is -0.682. The summed E-state index contributed by atoms with van der Waals surface area (Å²) >= 11 is 0. The molecule has 0 atom stereocenters. The van der Waals surface area contributed by atoms with E-state index in [1.807, 2.05) is 56.3 Å². The number of fused-ring (bicyclic) bond motifs is 2. The third-order valence-corrected chi connectivity index (χ3v) is 5.63. The average molecular weight is 448 g/mol. The van der Waals surface area contributed by atoms with Crippen LogP contribution >= 0.6 is 0 Å². The Hall–Kier alpha value is -3.74. The van der Waals surface area contributed by atoms with Gasteiger partial charge in [0.15, 0.2) is 11.5 Å². The van der Waals surface area contributed by atoms with Crippen molar-refractivity contribution in [3.8, 4) is 17.2 Å². The molecule has 7 heteroatoms. The summed E-state index contributed by atoms with van der Waals surface area (Å²) < 4.78 is 34.3. The fourth-order valence-corrected chi connectivity index (χ4v) is 4.17. The zero-order valence-electron chi connectivity index (χ0n) is 18.6. The molecular formula is C26H25FN2O4. The maximum absolute atomic E-state index is 13.4. The van der Waals surface area contributed by atoms with Gasteiger partial charge in [-0.25, -0.2) is 9.18 Å². The van der Waals surface area contributed by atoms with Crippen LogP contribution in [0.4, 0.5) is 4.39 Å². The summed E-state index contributed by atoms with van der Waals surface area (Å²) in [7, 11) is 0. The van der Waals surface area contributed by atoms with E-state index in [0.29, 0.717) is 43.6 Å². The third-order valence-electron chi connectivity index (χ3n) is 5.63. The van der Waals surface area contributed by atoms with E-state index in [0.717, 1.165) is 16.6 Å². The Balaban J connectivity index is 1.45. The van der Waals surface area contributed by atoms with Crippen LogP contribution < -0.4 is 19.9 Å². The highest BCUT2D eigenvalue weighted by Gasteiger charge is 2.25. The van der Waals surface area contributed by atoms with E-state index in [2.05, 4.69) is 0 Å². The van der Waals surface area contributed by atoms with Gasteiger partial charge in [0, 0.05) is 6.07 Å². The van der Waals surface area contributed by atoms with Crippen LogP contribution in [0.2, 0.25) is 0 Å².